The second-order valence-corrected chi connectivity index (χ2v) is 7.55. The minimum Gasteiger partial charge on any atom is -0.384 e. The highest BCUT2D eigenvalue weighted by molar-refractivity contribution is 4.97. The third-order valence-corrected chi connectivity index (χ3v) is 5.40. The Morgan fingerprint density at radius 3 is 2.80 bits per heavy atom. The smallest absolute Gasteiger partial charge is 0.0502 e. The van der Waals surface area contributed by atoms with E-state index in [2.05, 4.69) is 31.0 Å². The Balaban J connectivity index is 1.88. The van der Waals surface area contributed by atoms with Gasteiger partial charge in [0.15, 0.2) is 0 Å². The number of nitrogens with one attached hydrogen (secondary N) is 1. The zero-order valence-corrected chi connectivity index (χ0v) is 14.0. The van der Waals surface area contributed by atoms with Gasteiger partial charge in [0.1, 0.15) is 0 Å². The van der Waals surface area contributed by atoms with E-state index in [0.717, 1.165) is 25.0 Å². The van der Waals surface area contributed by atoms with Gasteiger partial charge in [-0.15, -0.1) is 0 Å². The SMILES string of the molecule is CCNC1C(CN2CCCC(COC)C2)CCC1(C)C. The van der Waals surface area contributed by atoms with Gasteiger partial charge >= 0.3 is 0 Å². The molecule has 0 amide bonds. The predicted octanol–water partition coefficient (Wildman–Crippen LogP) is 2.76. The van der Waals surface area contributed by atoms with Crippen LogP contribution in [0.2, 0.25) is 0 Å². The van der Waals surface area contributed by atoms with Crippen LogP contribution in [0.4, 0.5) is 0 Å². The van der Waals surface area contributed by atoms with E-state index in [4.69, 9.17) is 4.74 Å². The van der Waals surface area contributed by atoms with Gasteiger partial charge in [0.05, 0.1) is 6.61 Å². The average Bonchev–Trinajstić information content (AvgIpc) is 2.68. The van der Waals surface area contributed by atoms with Gasteiger partial charge in [0, 0.05) is 26.2 Å². The van der Waals surface area contributed by atoms with Crippen molar-refractivity contribution in [2.45, 2.75) is 52.5 Å². The monoisotopic (exact) mass is 282 g/mol. The van der Waals surface area contributed by atoms with E-state index < -0.39 is 0 Å². The molecule has 20 heavy (non-hydrogen) atoms. The van der Waals surface area contributed by atoms with Crippen molar-refractivity contribution in [2.75, 3.05) is 39.9 Å². The van der Waals surface area contributed by atoms with Crippen LogP contribution in [0.1, 0.15) is 46.5 Å². The van der Waals surface area contributed by atoms with E-state index in [9.17, 15) is 0 Å². The number of hydrogen-bond donors (Lipinski definition) is 1. The molecule has 118 valence electrons. The van der Waals surface area contributed by atoms with E-state index in [1.54, 1.807) is 0 Å². The number of methoxy groups -OCH3 is 1. The summed E-state index contributed by atoms with van der Waals surface area (Å²) in [5, 5.41) is 3.76. The van der Waals surface area contributed by atoms with E-state index >= 15 is 0 Å². The van der Waals surface area contributed by atoms with Crippen LogP contribution in [0.15, 0.2) is 0 Å². The van der Waals surface area contributed by atoms with Crippen molar-refractivity contribution < 1.29 is 4.74 Å². The first-order valence-corrected chi connectivity index (χ1v) is 8.51. The van der Waals surface area contributed by atoms with Gasteiger partial charge in [-0.05, 0) is 56.0 Å². The van der Waals surface area contributed by atoms with Crippen molar-refractivity contribution in [3.05, 3.63) is 0 Å². The zero-order valence-electron chi connectivity index (χ0n) is 14.0. The van der Waals surface area contributed by atoms with E-state index in [-0.39, 0.29) is 0 Å². The van der Waals surface area contributed by atoms with Crippen molar-refractivity contribution in [3.63, 3.8) is 0 Å². The van der Waals surface area contributed by atoms with Crippen LogP contribution in [0.25, 0.3) is 0 Å². The molecule has 1 aliphatic carbocycles. The van der Waals surface area contributed by atoms with E-state index in [1.807, 2.05) is 7.11 Å². The number of hydrogen-bond acceptors (Lipinski definition) is 3. The molecule has 2 rings (SSSR count). The molecule has 0 aromatic carbocycles. The molecule has 2 aliphatic rings. The van der Waals surface area contributed by atoms with Crippen molar-refractivity contribution in [1.82, 2.24) is 10.2 Å². The summed E-state index contributed by atoms with van der Waals surface area (Å²) in [7, 11) is 1.83. The first kappa shape index (κ1) is 16.3. The van der Waals surface area contributed by atoms with Crippen molar-refractivity contribution >= 4 is 0 Å². The lowest BCUT2D eigenvalue weighted by molar-refractivity contribution is 0.0779. The average molecular weight is 282 g/mol. The van der Waals surface area contributed by atoms with Crippen LogP contribution >= 0.6 is 0 Å². The summed E-state index contributed by atoms with van der Waals surface area (Å²) < 4.78 is 5.35. The highest BCUT2D eigenvalue weighted by Crippen LogP contribution is 2.41. The molecular weight excluding hydrogens is 248 g/mol. The molecule has 0 aromatic rings. The Hall–Kier alpha value is -0.120. The summed E-state index contributed by atoms with van der Waals surface area (Å²) in [4.78, 5) is 2.70. The molecule has 0 bridgehead atoms. The lowest BCUT2D eigenvalue weighted by atomic mass is 9.84. The van der Waals surface area contributed by atoms with Crippen LogP contribution in [0.5, 0.6) is 0 Å². The molecule has 0 aromatic heterocycles. The molecule has 2 fully saturated rings. The Bertz CT molecular complexity index is 291. The maximum Gasteiger partial charge on any atom is 0.0502 e. The second kappa shape index (κ2) is 7.24. The van der Waals surface area contributed by atoms with Gasteiger partial charge in [-0.3, -0.25) is 0 Å². The number of nitrogens with zero attached hydrogens (tertiary/aromatic N) is 1. The Kier molecular flexibility index (Phi) is 5.88. The van der Waals surface area contributed by atoms with Gasteiger partial charge in [0.2, 0.25) is 0 Å². The van der Waals surface area contributed by atoms with Gasteiger partial charge in [-0.25, -0.2) is 0 Å². The molecule has 1 saturated carbocycles. The molecule has 1 N–H and O–H groups in total. The maximum atomic E-state index is 5.35. The lowest BCUT2D eigenvalue weighted by Crippen LogP contribution is -2.47. The van der Waals surface area contributed by atoms with Crippen molar-refractivity contribution in [2.24, 2.45) is 17.3 Å². The summed E-state index contributed by atoms with van der Waals surface area (Å²) >= 11 is 0. The van der Waals surface area contributed by atoms with E-state index in [1.165, 1.54) is 45.3 Å². The third-order valence-electron chi connectivity index (χ3n) is 5.40. The number of likely N-dealkylation sites (tertiary alicyclic amines) is 1. The summed E-state index contributed by atoms with van der Waals surface area (Å²) in [5.41, 5.74) is 0.461. The molecule has 3 nitrogen and oxygen atoms in total. The molecule has 1 aliphatic heterocycles. The minimum absolute atomic E-state index is 0.461. The van der Waals surface area contributed by atoms with Crippen LogP contribution in [-0.2, 0) is 4.74 Å². The standard InChI is InChI=1S/C17H34N2O/c1-5-18-16-15(8-9-17(16,2)3)12-19-10-6-7-14(11-19)13-20-4/h14-16,18H,5-13H2,1-4H3. The highest BCUT2D eigenvalue weighted by atomic mass is 16.5. The quantitative estimate of drug-likeness (QED) is 0.811. The second-order valence-electron chi connectivity index (χ2n) is 7.55. The van der Waals surface area contributed by atoms with Crippen LogP contribution in [0.3, 0.4) is 0 Å². The molecule has 0 spiro atoms. The summed E-state index contributed by atoms with van der Waals surface area (Å²) in [6.07, 6.45) is 5.44. The highest BCUT2D eigenvalue weighted by Gasteiger charge is 2.42. The third kappa shape index (κ3) is 3.96. The van der Waals surface area contributed by atoms with Gasteiger partial charge in [0.25, 0.3) is 0 Å². The first-order valence-electron chi connectivity index (χ1n) is 8.51. The fourth-order valence-corrected chi connectivity index (χ4v) is 4.40. The van der Waals surface area contributed by atoms with Crippen LogP contribution in [0, 0.1) is 17.3 Å². The molecule has 1 heterocycles. The molecule has 3 heteroatoms. The van der Waals surface area contributed by atoms with Gasteiger partial charge < -0.3 is 15.0 Å². The van der Waals surface area contributed by atoms with Crippen LogP contribution < -0.4 is 5.32 Å². The zero-order chi connectivity index (χ0) is 14.6. The number of piperidine rings is 1. The lowest BCUT2D eigenvalue weighted by Gasteiger charge is -2.37. The molecular formula is C17H34N2O. The maximum absolute atomic E-state index is 5.35. The summed E-state index contributed by atoms with van der Waals surface area (Å²) in [6.45, 7) is 12.9. The fourth-order valence-electron chi connectivity index (χ4n) is 4.40. The first-order chi connectivity index (χ1) is 9.56. The normalized spacial score (nSPS) is 34.5. The van der Waals surface area contributed by atoms with Crippen LogP contribution in [-0.4, -0.2) is 50.8 Å². The summed E-state index contributed by atoms with van der Waals surface area (Å²) in [6, 6.07) is 0.690. The molecule has 0 radical (unpaired) electrons. The largest absolute Gasteiger partial charge is 0.384 e. The van der Waals surface area contributed by atoms with Gasteiger partial charge in [-0.1, -0.05) is 20.8 Å². The molecule has 1 saturated heterocycles. The Morgan fingerprint density at radius 2 is 2.10 bits per heavy atom. The van der Waals surface area contributed by atoms with Crippen molar-refractivity contribution in [1.29, 1.82) is 0 Å². The number of ether oxygens (including phenoxy) is 1. The summed E-state index contributed by atoms with van der Waals surface area (Å²) in [5.74, 6) is 1.58. The molecule has 3 unspecified atom stereocenters. The van der Waals surface area contributed by atoms with E-state index in [0.29, 0.717) is 11.5 Å². The van der Waals surface area contributed by atoms with Crippen molar-refractivity contribution in [3.8, 4) is 0 Å². The molecule has 3 atom stereocenters. The number of rotatable bonds is 6. The predicted molar refractivity (Wildman–Crippen MR) is 85.0 cm³/mol. The minimum atomic E-state index is 0.461. The van der Waals surface area contributed by atoms with Gasteiger partial charge in [-0.2, -0.15) is 0 Å². The Morgan fingerprint density at radius 1 is 1.30 bits per heavy atom. The fraction of sp³-hybridized carbons (Fsp3) is 1.00. The topological polar surface area (TPSA) is 24.5 Å². The Labute approximate surface area is 125 Å².